The summed E-state index contributed by atoms with van der Waals surface area (Å²) in [6.45, 7) is -1.40. The average molecular weight is 716 g/mol. The van der Waals surface area contributed by atoms with E-state index in [-0.39, 0.29) is 0 Å². The van der Waals surface area contributed by atoms with Gasteiger partial charge < -0.3 is 103 Å². The first-order valence-electron chi connectivity index (χ1n) is 14.3. The highest BCUT2D eigenvalue weighted by molar-refractivity contribution is 7.45. The van der Waals surface area contributed by atoms with Crippen LogP contribution in [0.2, 0.25) is 0 Å². The summed E-state index contributed by atoms with van der Waals surface area (Å²) < 4.78 is 58.6. The number of aliphatic hydroxyl groups is 11. The van der Waals surface area contributed by atoms with Crippen molar-refractivity contribution in [3.8, 4) is 0 Å². The van der Waals surface area contributed by atoms with Crippen molar-refractivity contribution in [1.82, 2.24) is 0 Å². The first-order chi connectivity index (χ1) is 22.0. The number of aliphatic hydroxyl groups excluding tert-OH is 10. The SMILES string of the molecule is COC1C(OC2C(O)C(CO)OC(OC3C(O)C(C)OC(OC(COP(=O)([O-])OC)C(O)C(O)O)C3O)C2O)OC(CO)C(O)C1O. The van der Waals surface area contributed by atoms with Crippen molar-refractivity contribution in [3.63, 3.8) is 0 Å². The summed E-state index contributed by atoms with van der Waals surface area (Å²) in [6.07, 6.45) is -31.8. The van der Waals surface area contributed by atoms with Crippen LogP contribution in [0.4, 0.5) is 0 Å². The maximum absolute atomic E-state index is 11.6. The molecule has 23 heteroatoms. The Kier molecular flexibility index (Phi) is 15.2. The molecule has 18 atom stereocenters. The summed E-state index contributed by atoms with van der Waals surface area (Å²) in [4.78, 5) is 11.6. The van der Waals surface area contributed by atoms with Gasteiger partial charge in [-0.1, -0.05) is 0 Å². The first-order valence-corrected chi connectivity index (χ1v) is 15.8. The second-order valence-electron chi connectivity index (χ2n) is 11.0. The zero-order chi connectivity index (χ0) is 35.4. The monoisotopic (exact) mass is 715 g/mol. The van der Waals surface area contributed by atoms with E-state index in [1.54, 1.807) is 0 Å². The number of phosphoric ester groups is 1. The molecule has 0 radical (unpaired) electrons. The molecule has 0 bridgehead atoms. The Balaban J connectivity index is 1.81. The lowest BCUT2D eigenvalue weighted by Crippen LogP contribution is -2.67. The third kappa shape index (κ3) is 9.59. The molecule has 0 aromatic carbocycles. The van der Waals surface area contributed by atoms with Crippen LogP contribution in [0.25, 0.3) is 0 Å². The molecule has 3 rings (SSSR count). The summed E-state index contributed by atoms with van der Waals surface area (Å²) in [7, 11) is -3.00. The van der Waals surface area contributed by atoms with Gasteiger partial charge in [0.05, 0.1) is 25.9 Å². The van der Waals surface area contributed by atoms with E-state index in [1.165, 1.54) is 6.92 Å². The molecule has 3 aliphatic rings. The summed E-state index contributed by atoms with van der Waals surface area (Å²) in [5, 5.41) is 113. The van der Waals surface area contributed by atoms with Crippen molar-refractivity contribution in [2.75, 3.05) is 34.0 Å². The van der Waals surface area contributed by atoms with Crippen molar-refractivity contribution >= 4 is 7.82 Å². The van der Waals surface area contributed by atoms with E-state index in [2.05, 4.69) is 9.05 Å². The average Bonchev–Trinajstić information content (AvgIpc) is 3.03. The van der Waals surface area contributed by atoms with Crippen LogP contribution >= 0.6 is 7.82 Å². The Morgan fingerprint density at radius 3 is 1.81 bits per heavy atom. The fourth-order valence-corrected chi connectivity index (χ4v) is 5.56. The number of methoxy groups -OCH3 is 1. The van der Waals surface area contributed by atoms with Gasteiger partial charge in [0.15, 0.2) is 25.2 Å². The smallest absolute Gasteiger partial charge is 0.267 e. The zero-order valence-corrected chi connectivity index (χ0v) is 26.3. The predicted molar refractivity (Wildman–Crippen MR) is 142 cm³/mol. The summed E-state index contributed by atoms with van der Waals surface area (Å²) in [5.74, 6) is 0. The molecular weight excluding hydrogens is 671 g/mol. The molecule has 0 saturated carbocycles. The first kappa shape index (κ1) is 40.8. The van der Waals surface area contributed by atoms with Crippen LogP contribution in [0.5, 0.6) is 0 Å². The van der Waals surface area contributed by atoms with Gasteiger partial charge in [-0.15, -0.1) is 0 Å². The minimum atomic E-state index is -4.91. The van der Waals surface area contributed by atoms with E-state index in [9.17, 15) is 65.6 Å². The topological polar surface area (TPSA) is 346 Å². The lowest BCUT2D eigenvalue weighted by Gasteiger charge is -2.48. The van der Waals surface area contributed by atoms with E-state index < -0.39 is 138 Å². The summed E-state index contributed by atoms with van der Waals surface area (Å²) >= 11 is 0. The molecule has 278 valence electrons. The van der Waals surface area contributed by atoms with Gasteiger partial charge in [-0.3, -0.25) is 4.57 Å². The third-order valence-electron chi connectivity index (χ3n) is 7.90. The number of hydrogen-bond acceptors (Lipinski definition) is 22. The van der Waals surface area contributed by atoms with Gasteiger partial charge in [-0.2, -0.15) is 0 Å². The highest BCUT2D eigenvalue weighted by atomic mass is 31.2. The predicted octanol–water partition coefficient (Wildman–Crippen LogP) is -7.70. The Bertz CT molecular complexity index is 995. The van der Waals surface area contributed by atoms with Gasteiger partial charge in [-0.25, -0.2) is 0 Å². The molecule has 3 heterocycles. The van der Waals surface area contributed by atoms with Crippen LogP contribution in [-0.2, 0) is 46.8 Å². The summed E-state index contributed by atoms with van der Waals surface area (Å²) in [6, 6.07) is 0. The van der Waals surface area contributed by atoms with Crippen molar-refractivity contribution in [1.29, 1.82) is 0 Å². The molecular formula is C24H44O22P-. The summed E-state index contributed by atoms with van der Waals surface area (Å²) in [5.41, 5.74) is 0. The zero-order valence-electron chi connectivity index (χ0n) is 25.4. The third-order valence-corrected chi connectivity index (χ3v) is 8.81. The second-order valence-corrected chi connectivity index (χ2v) is 12.5. The van der Waals surface area contributed by atoms with Crippen LogP contribution in [0.15, 0.2) is 0 Å². The lowest BCUT2D eigenvalue weighted by atomic mass is 9.96. The van der Waals surface area contributed by atoms with Crippen molar-refractivity contribution in [2.45, 2.75) is 118 Å². The number of phosphoric acid groups is 1. The molecule has 22 nitrogen and oxygen atoms in total. The van der Waals surface area contributed by atoms with E-state index in [1.807, 2.05) is 0 Å². The van der Waals surface area contributed by atoms with E-state index in [0.29, 0.717) is 0 Å². The minimum Gasteiger partial charge on any atom is -0.756 e. The fourth-order valence-electron chi connectivity index (χ4n) is 5.12. The van der Waals surface area contributed by atoms with Gasteiger partial charge in [-0.05, 0) is 6.92 Å². The standard InChI is InChI=1S/C24H45O22P/c1-7-11(27)18(16(32)22(41-7)44-10(14(30)21(34)35)6-40-47(36,37)39-3)45-23-17(33)19(13(29)9(5-26)42-23)46-24-20(38-2)15(31)12(28)8(4-25)43-24/h7-35H,4-6H2,1-3H3,(H,36,37)/p-1. The lowest BCUT2D eigenvalue weighted by molar-refractivity contribution is -0.383. The van der Waals surface area contributed by atoms with Gasteiger partial charge in [0.25, 0.3) is 7.82 Å². The second kappa shape index (κ2) is 17.5. The van der Waals surface area contributed by atoms with E-state index in [0.717, 1.165) is 14.2 Å². The Labute approximate surface area is 267 Å². The highest BCUT2D eigenvalue weighted by Gasteiger charge is 2.54. The highest BCUT2D eigenvalue weighted by Crippen LogP contribution is 2.38. The van der Waals surface area contributed by atoms with Crippen LogP contribution in [0.3, 0.4) is 0 Å². The maximum Gasteiger partial charge on any atom is 0.267 e. The minimum absolute atomic E-state index is 0.761. The van der Waals surface area contributed by atoms with Crippen LogP contribution < -0.4 is 4.89 Å². The molecule has 3 aliphatic heterocycles. The van der Waals surface area contributed by atoms with Gasteiger partial charge in [0.2, 0.25) is 0 Å². The normalized spacial score (nSPS) is 44.2. The molecule has 0 amide bonds. The molecule has 11 N–H and O–H groups in total. The van der Waals surface area contributed by atoms with Gasteiger partial charge in [0.1, 0.15) is 79.4 Å². The molecule has 3 fully saturated rings. The fraction of sp³-hybridized carbons (Fsp3) is 1.00. The molecule has 0 aromatic heterocycles. The molecule has 47 heavy (non-hydrogen) atoms. The van der Waals surface area contributed by atoms with Crippen LogP contribution in [0.1, 0.15) is 6.92 Å². The number of hydrogen-bond donors (Lipinski definition) is 11. The maximum atomic E-state index is 11.6. The molecule has 0 spiro atoms. The van der Waals surface area contributed by atoms with Crippen molar-refractivity contribution in [2.24, 2.45) is 0 Å². The van der Waals surface area contributed by atoms with Crippen molar-refractivity contribution in [3.05, 3.63) is 0 Å². The molecule has 0 aliphatic carbocycles. The number of rotatable bonds is 15. The number of ether oxygens (including phenoxy) is 7. The quantitative estimate of drug-likeness (QED) is 0.0554. The van der Waals surface area contributed by atoms with Gasteiger partial charge >= 0.3 is 0 Å². The Morgan fingerprint density at radius 2 is 1.26 bits per heavy atom. The molecule has 18 unspecified atom stereocenters. The van der Waals surface area contributed by atoms with Crippen LogP contribution in [0, 0.1) is 0 Å². The van der Waals surface area contributed by atoms with Crippen LogP contribution in [-0.4, -0.2) is 201 Å². The van der Waals surface area contributed by atoms with Crippen molar-refractivity contribution < 1.29 is 108 Å². The molecule has 3 saturated heterocycles. The largest absolute Gasteiger partial charge is 0.756 e. The van der Waals surface area contributed by atoms with E-state index >= 15 is 0 Å². The Morgan fingerprint density at radius 1 is 0.723 bits per heavy atom. The molecule has 0 aromatic rings. The van der Waals surface area contributed by atoms with Gasteiger partial charge in [0, 0.05) is 14.2 Å². The van der Waals surface area contributed by atoms with E-state index in [4.69, 9.17) is 33.2 Å². The Hall–Kier alpha value is -0.610.